The smallest absolute Gasteiger partial charge is 0.326 e. The Hall–Kier alpha value is -1.46. The minimum absolute atomic E-state index is 0.226. The van der Waals surface area contributed by atoms with Crippen molar-refractivity contribution < 1.29 is 29.4 Å². The van der Waals surface area contributed by atoms with E-state index in [1.54, 1.807) is 0 Å². The molecule has 4 N–H and O–H groups in total. The fourth-order valence-corrected chi connectivity index (χ4v) is 6.17. The zero-order valence-corrected chi connectivity index (χ0v) is 26.0. The number of aliphatic carboxylic acids is 2. The molecule has 0 aromatic carbocycles. The summed E-state index contributed by atoms with van der Waals surface area (Å²) in [6.07, 6.45) is 14.0. The molecule has 0 rings (SSSR count). The van der Waals surface area contributed by atoms with Crippen LogP contribution in [0, 0.1) is 0 Å². The summed E-state index contributed by atoms with van der Waals surface area (Å²) in [5.41, 5.74) is 0. The molecule has 9 nitrogen and oxygen atoms in total. The van der Waals surface area contributed by atoms with Gasteiger partial charge in [-0.15, -0.1) is 0 Å². The van der Waals surface area contributed by atoms with Crippen molar-refractivity contribution in [2.45, 2.75) is 122 Å². The van der Waals surface area contributed by atoms with Crippen LogP contribution >= 0.6 is 21.6 Å². The van der Waals surface area contributed by atoms with E-state index >= 15 is 0 Å². The average Bonchev–Trinajstić information content (AvgIpc) is 2.87. The van der Waals surface area contributed by atoms with Gasteiger partial charge in [0.1, 0.15) is 12.1 Å². The van der Waals surface area contributed by atoms with Gasteiger partial charge < -0.3 is 25.7 Å². The summed E-state index contributed by atoms with van der Waals surface area (Å²) in [5.74, 6) is -1.53. The van der Waals surface area contributed by atoms with E-state index in [2.05, 4.69) is 36.6 Å². The van der Waals surface area contributed by atoms with Gasteiger partial charge in [-0.25, -0.2) is 9.59 Å². The SMILES string of the molecule is CCCCCCCCC(=O)NC(CCSSCCC(NC(=O)CCCCCCCCN(C)C)C(=O)O)C(=O)O. The Kier molecular flexibility index (Phi) is 24.5. The highest BCUT2D eigenvalue weighted by molar-refractivity contribution is 8.76. The first-order valence-corrected chi connectivity index (χ1v) is 17.1. The maximum Gasteiger partial charge on any atom is 0.326 e. The lowest BCUT2D eigenvalue weighted by Gasteiger charge is -2.15. The first-order chi connectivity index (χ1) is 18.7. The molecule has 0 radical (unpaired) electrons. The fourth-order valence-electron chi connectivity index (χ4n) is 3.98. The Balaban J connectivity index is 4.02. The number of carboxylic acid groups (broad SMARTS) is 2. The van der Waals surface area contributed by atoms with Crippen molar-refractivity contribution in [2.24, 2.45) is 0 Å². The van der Waals surface area contributed by atoms with Gasteiger partial charge in [-0.3, -0.25) is 9.59 Å². The largest absolute Gasteiger partial charge is 0.480 e. The lowest BCUT2D eigenvalue weighted by atomic mass is 10.1. The van der Waals surface area contributed by atoms with Gasteiger partial charge in [0.25, 0.3) is 0 Å². The number of nitrogens with one attached hydrogen (secondary N) is 2. The molecular formula is C28H53N3O6S2. The summed E-state index contributed by atoms with van der Waals surface area (Å²) in [5, 5.41) is 24.1. The molecule has 0 aliphatic heterocycles. The first kappa shape index (κ1) is 37.5. The second kappa shape index (κ2) is 25.5. The molecule has 11 heteroatoms. The quantitative estimate of drug-likeness (QED) is 0.0738. The van der Waals surface area contributed by atoms with Crippen molar-refractivity contribution in [1.29, 1.82) is 0 Å². The second-order valence-corrected chi connectivity index (χ2v) is 13.0. The molecule has 39 heavy (non-hydrogen) atoms. The summed E-state index contributed by atoms with van der Waals surface area (Å²) in [6.45, 7) is 3.25. The van der Waals surface area contributed by atoms with Crippen molar-refractivity contribution >= 4 is 45.3 Å². The van der Waals surface area contributed by atoms with Gasteiger partial charge >= 0.3 is 11.9 Å². The van der Waals surface area contributed by atoms with Crippen LogP contribution in [0.25, 0.3) is 0 Å². The Morgan fingerprint density at radius 1 is 0.641 bits per heavy atom. The van der Waals surface area contributed by atoms with E-state index in [0.717, 1.165) is 51.5 Å². The van der Waals surface area contributed by atoms with Gasteiger partial charge in [0, 0.05) is 24.3 Å². The monoisotopic (exact) mass is 591 g/mol. The lowest BCUT2D eigenvalue weighted by Crippen LogP contribution is -2.41. The van der Waals surface area contributed by atoms with Crippen molar-refractivity contribution in [3.63, 3.8) is 0 Å². The van der Waals surface area contributed by atoms with E-state index in [1.165, 1.54) is 53.7 Å². The van der Waals surface area contributed by atoms with E-state index < -0.39 is 24.0 Å². The van der Waals surface area contributed by atoms with Crippen molar-refractivity contribution in [3.8, 4) is 0 Å². The number of unbranched alkanes of at least 4 members (excludes halogenated alkanes) is 10. The Labute approximate surface area is 243 Å². The van der Waals surface area contributed by atoms with Crippen molar-refractivity contribution in [2.75, 3.05) is 32.1 Å². The first-order valence-electron chi connectivity index (χ1n) is 14.6. The van der Waals surface area contributed by atoms with Crippen LogP contribution in [0.5, 0.6) is 0 Å². The summed E-state index contributed by atoms with van der Waals surface area (Å²) in [4.78, 5) is 49.5. The van der Waals surface area contributed by atoms with Crippen LogP contribution in [0.4, 0.5) is 0 Å². The highest BCUT2D eigenvalue weighted by atomic mass is 33.1. The van der Waals surface area contributed by atoms with Gasteiger partial charge in [-0.2, -0.15) is 0 Å². The predicted molar refractivity (Wildman–Crippen MR) is 162 cm³/mol. The Morgan fingerprint density at radius 3 is 1.41 bits per heavy atom. The molecule has 0 heterocycles. The highest BCUT2D eigenvalue weighted by Crippen LogP contribution is 2.24. The number of hydrogen-bond acceptors (Lipinski definition) is 7. The molecule has 228 valence electrons. The molecule has 0 fully saturated rings. The lowest BCUT2D eigenvalue weighted by molar-refractivity contribution is -0.142. The number of hydrogen-bond donors (Lipinski definition) is 4. The zero-order chi connectivity index (χ0) is 29.3. The normalized spacial score (nSPS) is 12.7. The number of amides is 2. The molecule has 0 saturated carbocycles. The number of carbonyl (C=O) groups is 4. The van der Waals surface area contributed by atoms with Gasteiger partial charge in [0.2, 0.25) is 11.8 Å². The molecule has 0 bridgehead atoms. The van der Waals surface area contributed by atoms with Gasteiger partial charge in [-0.1, -0.05) is 86.3 Å². The van der Waals surface area contributed by atoms with Crippen molar-refractivity contribution in [1.82, 2.24) is 15.5 Å². The van der Waals surface area contributed by atoms with Crippen LogP contribution in [0.2, 0.25) is 0 Å². The van der Waals surface area contributed by atoms with E-state index in [1.807, 2.05) is 0 Å². The summed E-state index contributed by atoms with van der Waals surface area (Å²) in [7, 11) is 7.03. The van der Waals surface area contributed by atoms with Gasteiger partial charge in [0.05, 0.1) is 0 Å². The molecular weight excluding hydrogens is 538 g/mol. The topological polar surface area (TPSA) is 136 Å². The predicted octanol–water partition coefficient (Wildman–Crippen LogP) is 5.33. The van der Waals surface area contributed by atoms with Crippen LogP contribution in [0.3, 0.4) is 0 Å². The number of carbonyl (C=O) groups excluding carboxylic acids is 2. The third kappa shape index (κ3) is 24.1. The number of nitrogens with zero attached hydrogens (tertiary/aromatic N) is 1. The minimum Gasteiger partial charge on any atom is -0.480 e. The molecule has 0 aliphatic rings. The summed E-state index contributed by atoms with van der Waals surface area (Å²) in [6, 6.07) is -1.85. The zero-order valence-electron chi connectivity index (χ0n) is 24.4. The van der Waals surface area contributed by atoms with E-state index in [9.17, 15) is 29.4 Å². The van der Waals surface area contributed by atoms with E-state index in [4.69, 9.17) is 0 Å². The molecule has 0 aromatic heterocycles. The molecule has 0 spiro atoms. The fraction of sp³-hybridized carbons (Fsp3) is 0.857. The summed E-state index contributed by atoms with van der Waals surface area (Å²) < 4.78 is 0. The van der Waals surface area contributed by atoms with Crippen LogP contribution in [0.1, 0.15) is 110 Å². The van der Waals surface area contributed by atoms with Crippen LogP contribution in [0.15, 0.2) is 0 Å². The minimum atomic E-state index is -1.05. The molecule has 2 unspecified atom stereocenters. The third-order valence-electron chi connectivity index (χ3n) is 6.35. The van der Waals surface area contributed by atoms with Crippen LogP contribution < -0.4 is 10.6 Å². The van der Waals surface area contributed by atoms with E-state index in [0.29, 0.717) is 37.2 Å². The third-order valence-corrected chi connectivity index (χ3v) is 8.82. The molecule has 0 saturated heterocycles. The molecule has 2 amide bonds. The number of carboxylic acids is 2. The van der Waals surface area contributed by atoms with Gasteiger partial charge in [0.15, 0.2) is 0 Å². The molecule has 0 aromatic rings. The average molecular weight is 592 g/mol. The summed E-state index contributed by atoms with van der Waals surface area (Å²) >= 11 is 0. The number of rotatable bonds is 27. The Morgan fingerprint density at radius 2 is 1.03 bits per heavy atom. The van der Waals surface area contributed by atoms with Crippen LogP contribution in [-0.4, -0.2) is 83.1 Å². The Bertz CT molecular complexity index is 682. The highest BCUT2D eigenvalue weighted by Gasteiger charge is 2.21. The standard InChI is InChI=1S/C28H53N3O6S2/c1-4-5-6-7-10-13-16-25(32)29-23(27(34)35)18-21-38-39-22-19-24(28(36)37)30-26(33)17-14-11-8-9-12-15-20-31(2)3/h23-24H,4-22H2,1-3H3,(H,29,32)(H,30,33)(H,34,35)(H,36,37). The van der Waals surface area contributed by atoms with Crippen LogP contribution in [-0.2, 0) is 19.2 Å². The maximum atomic E-state index is 12.2. The van der Waals surface area contributed by atoms with Gasteiger partial charge in [-0.05, 0) is 52.7 Å². The van der Waals surface area contributed by atoms with E-state index in [-0.39, 0.29) is 11.8 Å². The van der Waals surface area contributed by atoms with Crippen molar-refractivity contribution in [3.05, 3.63) is 0 Å². The second-order valence-electron chi connectivity index (χ2n) is 10.3. The molecule has 2 atom stereocenters. The maximum absolute atomic E-state index is 12.2. The molecule has 0 aliphatic carbocycles.